The van der Waals surface area contributed by atoms with Gasteiger partial charge in [0, 0.05) is 31.5 Å². The van der Waals surface area contributed by atoms with Crippen molar-refractivity contribution in [3.8, 4) is 5.75 Å². The highest BCUT2D eigenvalue weighted by Gasteiger charge is 2.39. The molecule has 0 radical (unpaired) electrons. The summed E-state index contributed by atoms with van der Waals surface area (Å²) in [5.74, 6) is 1.46. The van der Waals surface area contributed by atoms with Crippen molar-refractivity contribution in [3.63, 3.8) is 0 Å². The van der Waals surface area contributed by atoms with Crippen LogP contribution < -0.4 is 4.74 Å². The summed E-state index contributed by atoms with van der Waals surface area (Å²) in [6.45, 7) is 1.08. The SMILES string of the molecule is O=C(C1Cc2ccccc2O1)N1CC(c2cc(CO)on2)C1. The second kappa shape index (κ2) is 5.14. The van der Waals surface area contributed by atoms with Gasteiger partial charge in [-0.3, -0.25) is 4.79 Å². The molecule has 114 valence electrons. The maximum Gasteiger partial charge on any atom is 0.264 e. The van der Waals surface area contributed by atoms with Crippen LogP contribution in [0, 0.1) is 0 Å². The second-order valence-corrected chi connectivity index (χ2v) is 5.73. The number of hydrogen-bond acceptors (Lipinski definition) is 5. The van der Waals surface area contributed by atoms with E-state index in [1.165, 1.54) is 0 Å². The van der Waals surface area contributed by atoms with E-state index in [4.69, 9.17) is 14.4 Å². The fourth-order valence-corrected chi connectivity index (χ4v) is 2.96. The van der Waals surface area contributed by atoms with E-state index in [0.29, 0.717) is 25.3 Å². The molecule has 0 aliphatic carbocycles. The predicted molar refractivity (Wildman–Crippen MR) is 76.3 cm³/mol. The van der Waals surface area contributed by atoms with Crippen LogP contribution >= 0.6 is 0 Å². The Hall–Kier alpha value is -2.34. The van der Waals surface area contributed by atoms with Gasteiger partial charge < -0.3 is 19.3 Å². The summed E-state index contributed by atoms with van der Waals surface area (Å²) in [4.78, 5) is 14.2. The molecule has 0 spiro atoms. The van der Waals surface area contributed by atoms with Crippen molar-refractivity contribution in [1.29, 1.82) is 0 Å². The normalized spacial score (nSPS) is 20.4. The van der Waals surface area contributed by atoms with E-state index in [0.717, 1.165) is 17.0 Å². The van der Waals surface area contributed by atoms with Crippen LogP contribution in [0.5, 0.6) is 5.75 Å². The molecule has 1 fully saturated rings. The molecule has 1 unspecified atom stereocenters. The molecule has 0 saturated carbocycles. The van der Waals surface area contributed by atoms with Gasteiger partial charge in [0.25, 0.3) is 5.91 Å². The maximum atomic E-state index is 12.5. The van der Waals surface area contributed by atoms with Crippen molar-refractivity contribution in [3.05, 3.63) is 47.3 Å². The highest BCUT2D eigenvalue weighted by molar-refractivity contribution is 5.83. The van der Waals surface area contributed by atoms with Gasteiger partial charge in [-0.15, -0.1) is 0 Å². The van der Waals surface area contributed by atoms with Gasteiger partial charge in [-0.05, 0) is 11.6 Å². The Bertz CT molecular complexity index is 681. The third kappa shape index (κ3) is 2.16. The molecule has 6 nitrogen and oxygen atoms in total. The maximum absolute atomic E-state index is 12.5. The number of hydrogen-bond donors (Lipinski definition) is 1. The topological polar surface area (TPSA) is 75.8 Å². The van der Waals surface area contributed by atoms with Crippen LogP contribution in [-0.2, 0) is 17.8 Å². The first kappa shape index (κ1) is 13.3. The molecule has 2 aliphatic rings. The summed E-state index contributed by atoms with van der Waals surface area (Å²) in [5, 5.41) is 12.9. The summed E-state index contributed by atoms with van der Waals surface area (Å²) < 4.78 is 10.7. The molecule has 0 bridgehead atoms. The smallest absolute Gasteiger partial charge is 0.264 e. The third-order valence-electron chi connectivity index (χ3n) is 4.27. The number of ether oxygens (including phenoxy) is 1. The van der Waals surface area contributed by atoms with Crippen molar-refractivity contribution < 1.29 is 19.2 Å². The van der Waals surface area contributed by atoms with Crippen LogP contribution in [0.2, 0.25) is 0 Å². The van der Waals surface area contributed by atoms with Gasteiger partial charge in [-0.2, -0.15) is 0 Å². The standard InChI is InChI=1S/C16H16N2O4/c19-9-12-6-13(17-22-12)11-7-18(8-11)16(20)15-5-10-3-1-2-4-14(10)21-15/h1-4,6,11,15,19H,5,7-9H2. The highest BCUT2D eigenvalue weighted by atomic mass is 16.5. The molecule has 22 heavy (non-hydrogen) atoms. The Kier molecular flexibility index (Phi) is 3.11. The number of amides is 1. The van der Waals surface area contributed by atoms with E-state index in [-0.39, 0.29) is 18.4 Å². The van der Waals surface area contributed by atoms with E-state index in [1.807, 2.05) is 24.3 Å². The molecule has 3 heterocycles. The Morgan fingerprint density at radius 2 is 2.18 bits per heavy atom. The fraction of sp³-hybridized carbons (Fsp3) is 0.375. The minimum Gasteiger partial charge on any atom is -0.480 e. The zero-order valence-electron chi connectivity index (χ0n) is 11.9. The van der Waals surface area contributed by atoms with Crippen molar-refractivity contribution in [2.24, 2.45) is 0 Å². The number of aliphatic hydroxyl groups is 1. The van der Waals surface area contributed by atoms with Crippen LogP contribution in [0.4, 0.5) is 0 Å². The number of rotatable bonds is 3. The summed E-state index contributed by atoms with van der Waals surface area (Å²) >= 11 is 0. The van der Waals surface area contributed by atoms with Crippen LogP contribution in [0.25, 0.3) is 0 Å². The van der Waals surface area contributed by atoms with Gasteiger partial charge >= 0.3 is 0 Å². The molecule has 2 aromatic rings. The minimum atomic E-state index is -0.413. The number of likely N-dealkylation sites (tertiary alicyclic amines) is 1. The van der Waals surface area contributed by atoms with E-state index in [2.05, 4.69) is 5.16 Å². The Labute approximate surface area is 127 Å². The first-order valence-electron chi connectivity index (χ1n) is 7.34. The van der Waals surface area contributed by atoms with E-state index in [9.17, 15) is 4.79 Å². The lowest BCUT2D eigenvalue weighted by molar-refractivity contribution is -0.142. The van der Waals surface area contributed by atoms with Crippen molar-refractivity contribution in [2.45, 2.75) is 25.0 Å². The molecule has 1 atom stereocenters. The zero-order chi connectivity index (χ0) is 15.1. The van der Waals surface area contributed by atoms with Crippen LogP contribution in [0.15, 0.2) is 34.9 Å². The summed E-state index contributed by atoms with van der Waals surface area (Å²) in [6, 6.07) is 9.50. The lowest BCUT2D eigenvalue weighted by Gasteiger charge is -2.39. The first-order valence-corrected chi connectivity index (χ1v) is 7.34. The number of aliphatic hydroxyl groups excluding tert-OH is 1. The van der Waals surface area contributed by atoms with E-state index >= 15 is 0 Å². The molecule has 1 N–H and O–H groups in total. The number of benzene rings is 1. The lowest BCUT2D eigenvalue weighted by Crippen LogP contribution is -2.53. The van der Waals surface area contributed by atoms with Crippen molar-refractivity contribution in [2.75, 3.05) is 13.1 Å². The van der Waals surface area contributed by atoms with Crippen molar-refractivity contribution >= 4 is 5.91 Å². The molecular weight excluding hydrogens is 284 g/mol. The molecule has 2 aliphatic heterocycles. The van der Waals surface area contributed by atoms with Crippen LogP contribution in [0.1, 0.15) is 22.9 Å². The van der Waals surface area contributed by atoms with Crippen LogP contribution in [0.3, 0.4) is 0 Å². The largest absolute Gasteiger partial charge is 0.480 e. The number of nitrogens with zero attached hydrogens (tertiary/aromatic N) is 2. The van der Waals surface area contributed by atoms with Gasteiger partial charge in [0.05, 0.1) is 5.69 Å². The molecule has 4 rings (SSSR count). The highest BCUT2D eigenvalue weighted by Crippen LogP contribution is 2.32. The van der Waals surface area contributed by atoms with Crippen LogP contribution in [-0.4, -0.2) is 40.3 Å². The number of carbonyl (C=O) groups is 1. The summed E-state index contributed by atoms with van der Waals surface area (Å²) in [5.41, 5.74) is 1.88. The number of para-hydroxylation sites is 1. The quantitative estimate of drug-likeness (QED) is 0.918. The zero-order valence-corrected chi connectivity index (χ0v) is 11.9. The molecule has 1 saturated heterocycles. The van der Waals surface area contributed by atoms with Gasteiger partial charge in [0.15, 0.2) is 11.9 Å². The molecule has 6 heteroatoms. The predicted octanol–water partition coefficient (Wildman–Crippen LogP) is 1.10. The molecule has 1 amide bonds. The van der Waals surface area contributed by atoms with Crippen molar-refractivity contribution in [1.82, 2.24) is 10.1 Å². The minimum absolute atomic E-state index is 0.0262. The molecule has 1 aromatic carbocycles. The van der Waals surface area contributed by atoms with E-state index in [1.54, 1.807) is 11.0 Å². The summed E-state index contributed by atoms with van der Waals surface area (Å²) in [7, 11) is 0. The number of fused-ring (bicyclic) bond motifs is 1. The van der Waals surface area contributed by atoms with E-state index < -0.39 is 6.10 Å². The average molecular weight is 300 g/mol. The Morgan fingerprint density at radius 3 is 2.91 bits per heavy atom. The third-order valence-corrected chi connectivity index (χ3v) is 4.27. The first-order chi connectivity index (χ1) is 10.7. The monoisotopic (exact) mass is 300 g/mol. The van der Waals surface area contributed by atoms with Gasteiger partial charge in [0.1, 0.15) is 12.4 Å². The lowest BCUT2D eigenvalue weighted by atomic mass is 9.95. The Morgan fingerprint density at radius 1 is 1.36 bits per heavy atom. The molecule has 1 aromatic heterocycles. The van der Waals surface area contributed by atoms with Gasteiger partial charge in [0.2, 0.25) is 0 Å². The number of carbonyl (C=O) groups excluding carboxylic acids is 1. The van der Waals surface area contributed by atoms with Gasteiger partial charge in [-0.1, -0.05) is 23.4 Å². The molecular formula is C16H16N2O4. The number of aromatic nitrogens is 1. The average Bonchev–Trinajstić information content (AvgIpc) is 3.12. The van der Waals surface area contributed by atoms with Gasteiger partial charge in [-0.25, -0.2) is 0 Å². The second-order valence-electron chi connectivity index (χ2n) is 5.73. The Balaban J connectivity index is 1.36. The summed E-state index contributed by atoms with van der Waals surface area (Å²) in [6.07, 6.45) is 0.220. The fourth-order valence-electron chi connectivity index (χ4n) is 2.96.